The summed E-state index contributed by atoms with van der Waals surface area (Å²) in [7, 11) is 0. The van der Waals surface area contributed by atoms with Gasteiger partial charge in [-0.1, -0.05) is 37.5 Å². The Morgan fingerprint density at radius 2 is 1.59 bits per heavy atom. The number of esters is 2. The molecule has 0 bridgehead atoms. The Hall–Kier alpha value is -3.14. The maximum Gasteiger partial charge on any atom is 0.339 e. The van der Waals surface area contributed by atoms with Gasteiger partial charge in [0, 0.05) is 22.9 Å². The van der Waals surface area contributed by atoms with Gasteiger partial charge >= 0.3 is 11.9 Å². The summed E-state index contributed by atoms with van der Waals surface area (Å²) in [4.78, 5) is 22.9. The molecular formula is C18H12O4. The number of allylic oxidation sites excluding steroid dienone is 4. The van der Waals surface area contributed by atoms with Gasteiger partial charge in [0.2, 0.25) is 0 Å². The summed E-state index contributed by atoms with van der Waals surface area (Å²) in [6.45, 7) is 7.65. The van der Waals surface area contributed by atoms with Crippen LogP contribution in [0, 0.1) is 0 Å². The van der Waals surface area contributed by atoms with Crippen LogP contribution in [0.3, 0.4) is 0 Å². The van der Waals surface area contributed by atoms with E-state index >= 15 is 0 Å². The van der Waals surface area contributed by atoms with Crippen molar-refractivity contribution in [1.29, 1.82) is 0 Å². The normalized spacial score (nSPS) is 20.5. The SMILES string of the molecule is C=c1oc(=C)c2cc(C3=C\C(=O)OC(=O)/C=C/C=C\3)ccc12. The lowest BCUT2D eigenvalue weighted by Crippen LogP contribution is -2.07. The van der Waals surface area contributed by atoms with Gasteiger partial charge in [-0.3, -0.25) is 0 Å². The Balaban J connectivity index is 2.14. The van der Waals surface area contributed by atoms with Crippen LogP contribution < -0.4 is 10.8 Å². The number of carbonyl (C=O) groups is 2. The Kier molecular flexibility index (Phi) is 3.35. The number of hydrogen-bond acceptors (Lipinski definition) is 4. The lowest BCUT2D eigenvalue weighted by atomic mass is 10.0. The van der Waals surface area contributed by atoms with E-state index in [2.05, 4.69) is 17.9 Å². The minimum absolute atomic E-state index is 0.521. The number of rotatable bonds is 1. The lowest BCUT2D eigenvalue weighted by molar-refractivity contribution is -0.152. The first-order chi connectivity index (χ1) is 10.5. The summed E-state index contributed by atoms with van der Waals surface area (Å²) in [5.41, 5.74) is 2.48. The Morgan fingerprint density at radius 3 is 2.41 bits per heavy atom. The highest BCUT2D eigenvalue weighted by molar-refractivity contribution is 6.02. The van der Waals surface area contributed by atoms with Gasteiger partial charge < -0.3 is 9.15 Å². The molecule has 0 amide bonds. The minimum atomic E-state index is -0.712. The van der Waals surface area contributed by atoms with Gasteiger partial charge in [-0.15, -0.1) is 0 Å². The van der Waals surface area contributed by atoms with Crippen molar-refractivity contribution in [2.45, 2.75) is 0 Å². The summed E-state index contributed by atoms with van der Waals surface area (Å²) in [6.07, 6.45) is 7.38. The Bertz CT molecular complexity index is 970. The average Bonchev–Trinajstić information content (AvgIpc) is 2.80. The molecule has 4 nitrogen and oxygen atoms in total. The minimum Gasteiger partial charge on any atom is -0.457 e. The second-order valence-corrected chi connectivity index (χ2v) is 4.77. The molecule has 0 spiro atoms. The highest BCUT2D eigenvalue weighted by atomic mass is 16.6. The zero-order valence-corrected chi connectivity index (χ0v) is 11.7. The van der Waals surface area contributed by atoms with Gasteiger partial charge in [0.15, 0.2) is 0 Å². The van der Waals surface area contributed by atoms with Gasteiger partial charge in [0.1, 0.15) is 10.8 Å². The molecule has 0 unspecified atom stereocenters. The number of fused-ring (bicyclic) bond motifs is 1. The molecule has 0 fully saturated rings. The third kappa shape index (κ3) is 2.54. The third-order valence-electron chi connectivity index (χ3n) is 3.29. The summed E-state index contributed by atoms with van der Waals surface area (Å²) >= 11 is 0. The molecule has 1 aromatic carbocycles. The van der Waals surface area contributed by atoms with Gasteiger partial charge in [-0.2, -0.15) is 0 Å². The number of carbonyl (C=O) groups excluding carboxylic acids is 2. The van der Waals surface area contributed by atoms with E-state index in [0.717, 1.165) is 16.3 Å². The highest BCUT2D eigenvalue weighted by Crippen LogP contribution is 2.20. The quantitative estimate of drug-likeness (QED) is 0.594. The van der Waals surface area contributed by atoms with E-state index in [1.807, 2.05) is 18.2 Å². The molecule has 1 aromatic heterocycles. The van der Waals surface area contributed by atoms with Crippen molar-refractivity contribution in [1.82, 2.24) is 0 Å². The molecule has 0 radical (unpaired) electrons. The smallest absolute Gasteiger partial charge is 0.339 e. The maximum absolute atomic E-state index is 11.7. The predicted octanol–water partition coefficient (Wildman–Crippen LogP) is 1.83. The first kappa shape index (κ1) is 13.8. The van der Waals surface area contributed by atoms with Crippen molar-refractivity contribution >= 4 is 41.4 Å². The zero-order chi connectivity index (χ0) is 15.7. The molecule has 0 saturated carbocycles. The van der Waals surface area contributed by atoms with E-state index in [0.29, 0.717) is 16.4 Å². The Labute approximate surface area is 126 Å². The van der Waals surface area contributed by atoms with E-state index in [1.165, 1.54) is 18.2 Å². The molecule has 2 aromatic rings. The highest BCUT2D eigenvalue weighted by Gasteiger charge is 2.10. The largest absolute Gasteiger partial charge is 0.457 e. The van der Waals surface area contributed by atoms with E-state index in [9.17, 15) is 9.59 Å². The van der Waals surface area contributed by atoms with E-state index in [-0.39, 0.29) is 0 Å². The average molecular weight is 292 g/mol. The van der Waals surface area contributed by atoms with Gasteiger partial charge in [-0.05, 0) is 23.3 Å². The van der Waals surface area contributed by atoms with Crippen LogP contribution in [0.5, 0.6) is 0 Å². The van der Waals surface area contributed by atoms with Crippen LogP contribution in [0.2, 0.25) is 0 Å². The summed E-state index contributed by atoms with van der Waals surface area (Å²) in [5, 5.41) is 1.70. The van der Waals surface area contributed by atoms with E-state index in [4.69, 9.17) is 4.42 Å². The Morgan fingerprint density at radius 1 is 0.864 bits per heavy atom. The van der Waals surface area contributed by atoms with Crippen LogP contribution in [0.15, 0.2) is 53.0 Å². The van der Waals surface area contributed by atoms with Crippen molar-refractivity contribution < 1.29 is 18.7 Å². The summed E-state index contributed by atoms with van der Waals surface area (Å²) in [6, 6.07) is 5.57. The van der Waals surface area contributed by atoms with E-state index in [1.54, 1.807) is 12.2 Å². The number of benzene rings is 1. The molecule has 1 aliphatic heterocycles. The summed E-state index contributed by atoms with van der Waals surface area (Å²) < 4.78 is 10.0. The van der Waals surface area contributed by atoms with Gasteiger partial charge in [0.25, 0.3) is 0 Å². The molecule has 2 heterocycles. The monoisotopic (exact) mass is 292 g/mol. The van der Waals surface area contributed by atoms with Crippen LogP contribution in [-0.2, 0) is 14.3 Å². The topological polar surface area (TPSA) is 56.5 Å². The number of hydrogen-bond donors (Lipinski definition) is 0. The van der Waals surface area contributed by atoms with Crippen molar-refractivity contribution in [2.24, 2.45) is 0 Å². The molecule has 0 saturated heterocycles. The zero-order valence-electron chi connectivity index (χ0n) is 11.7. The molecular weight excluding hydrogens is 280 g/mol. The van der Waals surface area contributed by atoms with Crippen LogP contribution in [-0.4, -0.2) is 11.9 Å². The molecule has 0 N–H and O–H groups in total. The summed E-state index contributed by atoms with van der Waals surface area (Å²) in [5.74, 6) is -1.41. The van der Waals surface area contributed by atoms with Gasteiger partial charge in [0.05, 0.1) is 0 Å². The number of cyclic esters (lactones) is 2. The third-order valence-corrected chi connectivity index (χ3v) is 3.29. The fourth-order valence-electron chi connectivity index (χ4n) is 2.27. The molecule has 22 heavy (non-hydrogen) atoms. The van der Waals surface area contributed by atoms with Crippen LogP contribution in [0.25, 0.3) is 29.5 Å². The molecule has 0 aliphatic carbocycles. The fourth-order valence-corrected chi connectivity index (χ4v) is 2.27. The van der Waals surface area contributed by atoms with Crippen LogP contribution in [0.1, 0.15) is 5.56 Å². The molecule has 1 aliphatic rings. The fraction of sp³-hybridized carbons (Fsp3) is 0. The molecule has 3 rings (SSSR count). The molecule has 108 valence electrons. The van der Waals surface area contributed by atoms with Crippen molar-refractivity contribution in [3.63, 3.8) is 0 Å². The first-order valence-electron chi connectivity index (χ1n) is 6.57. The van der Waals surface area contributed by atoms with Crippen molar-refractivity contribution in [3.8, 4) is 0 Å². The standard InChI is InChI=1S/C18H12O4/c1-11-15-8-7-14(9-16(15)12(2)21-11)13-5-3-4-6-17(19)22-18(20)10-13/h3-10H,1-2H2/b5-3-,6-4+,13-10-. The van der Waals surface area contributed by atoms with Crippen molar-refractivity contribution in [3.05, 3.63) is 65.0 Å². The second kappa shape index (κ2) is 5.33. The van der Waals surface area contributed by atoms with Gasteiger partial charge in [-0.25, -0.2) is 9.59 Å². The van der Waals surface area contributed by atoms with Crippen LogP contribution in [0.4, 0.5) is 0 Å². The van der Waals surface area contributed by atoms with Crippen LogP contribution >= 0.6 is 0 Å². The number of ether oxygens (including phenoxy) is 1. The van der Waals surface area contributed by atoms with Crippen molar-refractivity contribution in [2.75, 3.05) is 0 Å². The second-order valence-electron chi connectivity index (χ2n) is 4.77. The first-order valence-corrected chi connectivity index (χ1v) is 6.57. The maximum atomic E-state index is 11.7. The van der Waals surface area contributed by atoms with E-state index < -0.39 is 11.9 Å². The predicted molar refractivity (Wildman–Crippen MR) is 83.9 cm³/mol. The molecule has 0 atom stereocenters. The number of furan rings is 1. The lowest BCUT2D eigenvalue weighted by Gasteiger charge is -2.02. The molecule has 4 heteroatoms.